The third-order valence-electron chi connectivity index (χ3n) is 4.37. The highest BCUT2D eigenvalue weighted by Gasteiger charge is 2.20. The third-order valence-corrected chi connectivity index (χ3v) is 4.37. The van der Waals surface area contributed by atoms with Crippen molar-refractivity contribution in [3.63, 3.8) is 0 Å². The second-order valence-electron chi connectivity index (χ2n) is 6.11. The zero-order valence-electron chi connectivity index (χ0n) is 13.7. The fourth-order valence-corrected chi connectivity index (χ4v) is 3.04. The summed E-state index contributed by atoms with van der Waals surface area (Å²) in [5, 5.41) is 12.7. The minimum Gasteiger partial charge on any atom is -0.493 e. The van der Waals surface area contributed by atoms with Crippen molar-refractivity contribution in [3.8, 4) is 5.88 Å². The van der Waals surface area contributed by atoms with Crippen LogP contribution in [0.1, 0.15) is 48.0 Å². The first-order valence-corrected chi connectivity index (χ1v) is 8.25. The molecule has 0 aliphatic heterocycles. The van der Waals surface area contributed by atoms with Gasteiger partial charge in [-0.25, -0.2) is 0 Å². The number of amides is 1. The number of carbonyl (C=O) groups excluding carboxylic acids is 1. The van der Waals surface area contributed by atoms with Crippen LogP contribution in [0.15, 0.2) is 34.8 Å². The molecule has 6 heteroatoms. The van der Waals surface area contributed by atoms with E-state index in [2.05, 4.69) is 16.4 Å². The van der Waals surface area contributed by atoms with Crippen molar-refractivity contribution in [3.05, 3.63) is 51.5 Å². The molecule has 0 aromatic carbocycles. The summed E-state index contributed by atoms with van der Waals surface area (Å²) in [6.07, 6.45) is 9.12. The normalized spacial score (nSPS) is 14.5. The number of rotatable bonds is 4. The zero-order chi connectivity index (χ0) is 17.1. The Morgan fingerprint density at radius 3 is 3.00 bits per heavy atom. The largest absolute Gasteiger partial charge is 0.493 e. The topological polar surface area (TPSA) is 83.7 Å². The summed E-state index contributed by atoms with van der Waals surface area (Å²) >= 11 is 0. The summed E-state index contributed by atoms with van der Waals surface area (Å²) in [6, 6.07) is 3.50. The summed E-state index contributed by atoms with van der Waals surface area (Å²) in [7, 11) is 0. The highest BCUT2D eigenvalue weighted by atomic mass is 16.3. The van der Waals surface area contributed by atoms with Gasteiger partial charge in [-0.1, -0.05) is 17.7 Å². The van der Waals surface area contributed by atoms with Crippen molar-refractivity contribution in [1.29, 1.82) is 0 Å². The number of aromatic nitrogens is 2. The van der Waals surface area contributed by atoms with Crippen LogP contribution >= 0.6 is 0 Å². The molecule has 0 fully saturated rings. The zero-order valence-corrected chi connectivity index (χ0v) is 13.7. The summed E-state index contributed by atoms with van der Waals surface area (Å²) < 4.78 is 1.29. The fraction of sp³-hybridized carbons (Fsp3) is 0.389. The second-order valence-corrected chi connectivity index (χ2v) is 6.11. The predicted molar refractivity (Wildman–Crippen MR) is 91.4 cm³/mol. The molecule has 0 atom stereocenters. The molecule has 0 radical (unpaired) electrons. The van der Waals surface area contributed by atoms with E-state index < -0.39 is 17.3 Å². The molecule has 2 aromatic heterocycles. The Hall–Kier alpha value is -2.63. The highest BCUT2D eigenvalue weighted by Crippen LogP contribution is 2.19. The van der Waals surface area contributed by atoms with Crippen LogP contribution in [0.2, 0.25) is 0 Å². The van der Waals surface area contributed by atoms with E-state index in [-0.39, 0.29) is 5.56 Å². The average molecular weight is 327 g/mol. The Kier molecular flexibility index (Phi) is 4.64. The third kappa shape index (κ3) is 3.18. The molecule has 3 rings (SSSR count). The molecule has 6 nitrogen and oxygen atoms in total. The number of carbonyl (C=O) groups is 1. The molecule has 0 spiro atoms. The smallest absolute Gasteiger partial charge is 0.274 e. The van der Waals surface area contributed by atoms with Gasteiger partial charge in [0, 0.05) is 12.7 Å². The van der Waals surface area contributed by atoms with Gasteiger partial charge in [-0.15, -0.1) is 0 Å². The van der Waals surface area contributed by atoms with Gasteiger partial charge in [0.1, 0.15) is 5.65 Å². The SMILES string of the molecule is Cc1cccn2c(=O)c(C(=O)NCCC3=CCCCC3)c(O)nc12. The standard InChI is InChI=1S/C18H21N3O3/c1-12-6-5-11-21-15(12)20-17(23)14(18(21)24)16(22)19-10-9-13-7-3-2-4-8-13/h5-7,11,23H,2-4,8-10H2,1H3,(H,19,22). The van der Waals surface area contributed by atoms with Gasteiger partial charge in [-0.2, -0.15) is 4.98 Å². The minimum absolute atomic E-state index is 0.310. The first-order valence-electron chi connectivity index (χ1n) is 8.25. The van der Waals surface area contributed by atoms with Gasteiger partial charge in [-0.3, -0.25) is 14.0 Å². The summed E-state index contributed by atoms with van der Waals surface area (Å²) in [6.45, 7) is 2.24. The molecule has 0 saturated heterocycles. The maximum Gasteiger partial charge on any atom is 0.274 e. The maximum absolute atomic E-state index is 12.5. The lowest BCUT2D eigenvalue weighted by Crippen LogP contribution is -2.32. The average Bonchev–Trinajstić information content (AvgIpc) is 2.57. The van der Waals surface area contributed by atoms with Gasteiger partial charge >= 0.3 is 0 Å². The van der Waals surface area contributed by atoms with Gasteiger partial charge in [0.2, 0.25) is 5.88 Å². The van der Waals surface area contributed by atoms with Crippen LogP contribution in [0.25, 0.3) is 5.65 Å². The van der Waals surface area contributed by atoms with E-state index in [9.17, 15) is 14.7 Å². The van der Waals surface area contributed by atoms with Crippen LogP contribution in [-0.2, 0) is 0 Å². The Bertz CT molecular complexity index is 868. The number of nitrogens with zero attached hydrogens (tertiary/aromatic N) is 2. The first kappa shape index (κ1) is 16.2. The van der Waals surface area contributed by atoms with Gasteiger partial charge < -0.3 is 10.4 Å². The number of hydrogen-bond donors (Lipinski definition) is 2. The molecule has 0 bridgehead atoms. The number of hydrogen-bond acceptors (Lipinski definition) is 4. The van der Waals surface area contributed by atoms with Gasteiger partial charge in [0.05, 0.1) is 0 Å². The quantitative estimate of drug-likeness (QED) is 0.844. The molecule has 2 aromatic rings. The molecule has 0 saturated carbocycles. The second kappa shape index (κ2) is 6.86. The summed E-state index contributed by atoms with van der Waals surface area (Å²) in [4.78, 5) is 28.8. The lowest BCUT2D eigenvalue weighted by Gasteiger charge is -2.13. The molecular weight excluding hydrogens is 306 g/mol. The van der Waals surface area contributed by atoms with E-state index in [1.807, 2.05) is 0 Å². The van der Waals surface area contributed by atoms with E-state index >= 15 is 0 Å². The molecule has 2 heterocycles. The highest BCUT2D eigenvalue weighted by molar-refractivity contribution is 5.96. The lowest BCUT2D eigenvalue weighted by atomic mass is 9.97. The number of aromatic hydroxyl groups is 1. The molecule has 1 aliphatic rings. The van der Waals surface area contributed by atoms with Crippen LogP contribution in [0.5, 0.6) is 5.88 Å². The molecule has 1 aliphatic carbocycles. The van der Waals surface area contributed by atoms with Crippen molar-refractivity contribution in [2.45, 2.75) is 39.0 Å². The number of nitrogens with one attached hydrogen (secondary N) is 1. The Labute approximate surface area is 139 Å². The van der Waals surface area contributed by atoms with Gasteiger partial charge in [0.15, 0.2) is 5.56 Å². The Balaban J connectivity index is 1.79. The summed E-state index contributed by atoms with van der Waals surface area (Å²) in [5.74, 6) is -1.11. The summed E-state index contributed by atoms with van der Waals surface area (Å²) in [5.41, 5.74) is 1.58. The molecule has 2 N–H and O–H groups in total. The van der Waals surface area contributed by atoms with Crippen LogP contribution < -0.4 is 10.9 Å². The maximum atomic E-state index is 12.5. The van der Waals surface area contributed by atoms with Gasteiger partial charge in [0.25, 0.3) is 11.5 Å². The monoisotopic (exact) mass is 327 g/mol. The predicted octanol–water partition coefficient (Wildman–Crippen LogP) is 2.33. The molecule has 0 unspecified atom stereocenters. The van der Waals surface area contributed by atoms with Gasteiger partial charge in [-0.05, 0) is 50.7 Å². The van der Waals surface area contributed by atoms with Crippen LogP contribution in [0, 0.1) is 6.92 Å². The first-order chi connectivity index (χ1) is 11.6. The number of pyridine rings is 1. The van der Waals surface area contributed by atoms with Crippen molar-refractivity contribution < 1.29 is 9.90 Å². The number of aryl methyl sites for hydroxylation is 1. The van der Waals surface area contributed by atoms with E-state index in [0.29, 0.717) is 12.2 Å². The molecule has 126 valence electrons. The van der Waals surface area contributed by atoms with Crippen molar-refractivity contribution >= 4 is 11.6 Å². The Morgan fingerprint density at radius 1 is 1.42 bits per heavy atom. The van der Waals surface area contributed by atoms with Crippen molar-refractivity contribution in [2.75, 3.05) is 6.54 Å². The number of fused-ring (bicyclic) bond motifs is 1. The van der Waals surface area contributed by atoms with E-state index in [4.69, 9.17) is 0 Å². The minimum atomic E-state index is -0.586. The fourth-order valence-electron chi connectivity index (χ4n) is 3.04. The molecule has 1 amide bonds. The number of allylic oxidation sites excluding steroid dienone is 1. The van der Waals surface area contributed by atoms with E-state index in [0.717, 1.165) is 24.8 Å². The van der Waals surface area contributed by atoms with E-state index in [1.165, 1.54) is 22.8 Å². The van der Waals surface area contributed by atoms with Crippen LogP contribution in [-0.4, -0.2) is 26.9 Å². The van der Waals surface area contributed by atoms with Crippen LogP contribution in [0.3, 0.4) is 0 Å². The van der Waals surface area contributed by atoms with Crippen molar-refractivity contribution in [1.82, 2.24) is 14.7 Å². The lowest BCUT2D eigenvalue weighted by molar-refractivity contribution is 0.0949. The molecule has 24 heavy (non-hydrogen) atoms. The van der Waals surface area contributed by atoms with E-state index in [1.54, 1.807) is 25.3 Å². The van der Waals surface area contributed by atoms with Crippen molar-refractivity contribution in [2.24, 2.45) is 0 Å². The Morgan fingerprint density at radius 2 is 2.25 bits per heavy atom. The van der Waals surface area contributed by atoms with Crippen LogP contribution in [0.4, 0.5) is 0 Å². The molecular formula is C18H21N3O3.